The Morgan fingerprint density at radius 2 is 2.15 bits per heavy atom. The fraction of sp³-hybridized carbons (Fsp3) is 0.562. The Morgan fingerprint density at radius 1 is 1.40 bits per heavy atom. The van der Waals surface area contributed by atoms with E-state index in [0.29, 0.717) is 11.7 Å². The van der Waals surface area contributed by atoms with Gasteiger partial charge in [-0.15, -0.1) is 0 Å². The Balaban J connectivity index is 1.69. The second-order valence-corrected chi connectivity index (χ2v) is 5.46. The molecule has 3 N–H and O–H groups in total. The van der Waals surface area contributed by atoms with Gasteiger partial charge in [-0.1, -0.05) is 18.9 Å². The molecule has 4 heteroatoms. The molecule has 0 radical (unpaired) electrons. The predicted octanol–water partition coefficient (Wildman–Crippen LogP) is 2.14. The monoisotopic (exact) mass is 276 g/mol. The highest BCUT2D eigenvalue weighted by Crippen LogP contribution is 2.20. The minimum Gasteiger partial charge on any atom is -0.377 e. The van der Waals surface area contributed by atoms with E-state index in [9.17, 15) is 4.79 Å². The van der Waals surface area contributed by atoms with Crippen molar-refractivity contribution in [1.29, 1.82) is 0 Å². The fourth-order valence-corrected chi connectivity index (χ4v) is 2.62. The van der Waals surface area contributed by atoms with Gasteiger partial charge in [-0.05, 0) is 43.0 Å². The maximum atomic E-state index is 11.1. The van der Waals surface area contributed by atoms with Crippen molar-refractivity contribution in [3.05, 3.63) is 34.9 Å². The molecule has 0 unspecified atom stereocenters. The summed E-state index contributed by atoms with van der Waals surface area (Å²) in [7, 11) is 0. The molecule has 0 spiro atoms. The number of ether oxygens (including phenoxy) is 1. The van der Waals surface area contributed by atoms with Crippen molar-refractivity contribution in [1.82, 2.24) is 5.32 Å². The van der Waals surface area contributed by atoms with Crippen LogP contribution >= 0.6 is 0 Å². The first-order valence-corrected chi connectivity index (χ1v) is 7.38. The Labute approximate surface area is 120 Å². The average Bonchev–Trinajstić information content (AvgIpc) is 2.93. The van der Waals surface area contributed by atoms with Crippen LogP contribution in [0.3, 0.4) is 0 Å². The number of benzene rings is 1. The lowest BCUT2D eigenvalue weighted by atomic mass is 10.0. The number of primary amides is 1. The summed E-state index contributed by atoms with van der Waals surface area (Å²) >= 11 is 0. The van der Waals surface area contributed by atoms with Gasteiger partial charge < -0.3 is 15.8 Å². The summed E-state index contributed by atoms with van der Waals surface area (Å²) in [4.78, 5) is 11.1. The molecule has 1 aromatic carbocycles. The van der Waals surface area contributed by atoms with Crippen LogP contribution < -0.4 is 11.1 Å². The first-order valence-electron chi connectivity index (χ1n) is 7.38. The number of amides is 1. The van der Waals surface area contributed by atoms with Gasteiger partial charge in [0.15, 0.2) is 0 Å². The summed E-state index contributed by atoms with van der Waals surface area (Å²) < 4.78 is 5.80. The van der Waals surface area contributed by atoms with E-state index in [0.717, 1.165) is 25.3 Å². The lowest BCUT2D eigenvalue weighted by Gasteiger charge is -2.12. The van der Waals surface area contributed by atoms with E-state index in [-0.39, 0.29) is 5.91 Å². The largest absolute Gasteiger partial charge is 0.377 e. The number of hydrogen-bond acceptors (Lipinski definition) is 3. The lowest BCUT2D eigenvalue weighted by Crippen LogP contribution is -2.22. The van der Waals surface area contributed by atoms with Crippen LogP contribution in [0.2, 0.25) is 0 Å². The van der Waals surface area contributed by atoms with Crippen molar-refractivity contribution in [3.8, 4) is 0 Å². The molecule has 1 aliphatic carbocycles. The fourth-order valence-electron chi connectivity index (χ4n) is 2.62. The minimum absolute atomic E-state index is 0.377. The van der Waals surface area contributed by atoms with Gasteiger partial charge in [0.2, 0.25) is 5.91 Å². The Morgan fingerprint density at radius 3 is 2.80 bits per heavy atom. The highest BCUT2D eigenvalue weighted by atomic mass is 16.5. The third-order valence-electron chi connectivity index (χ3n) is 3.88. The van der Waals surface area contributed by atoms with Gasteiger partial charge in [-0.3, -0.25) is 4.79 Å². The first kappa shape index (κ1) is 15.0. The molecule has 4 nitrogen and oxygen atoms in total. The predicted molar refractivity (Wildman–Crippen MR) is 79.6 cm³/mol. The van der Waals surface area contributed by atoms with Crippen molar-refractivity contribution in [2.45, 2.75) is 45.3 Å². The summed E-state index contributed by atoms with van der Waals surface area (Å²) in [5, 5.41) is 3.37. The van der Waals surface area contributed by atoms with Gasteiger partial charge in [-0.25, -0.2) is 0 Å². The van der Waals surface area contributed by atoms with Gasteiger partial charge in [-0.2, -0.15) is 0 Å². The van der Waals surface area contributed by atoms with Gasteiger partial charge in [0.05, 0.1) is 12.7 Å². The van der Waals surface area contributed by atoms with Crippen LogP contribution in [0, 0.1) is 6.92 Å². The molecule has 0 heterocycles. The third kappa shape index (κ3) is 4.32. The maximum Gasteiger partial charge on any atom is 0.248 e. The zero-order valence-corrected chi connectivity index (χ0v) is 12.2. The molecule has 0 atom stereocenters. The molecular weight excluding hydrogens is 252 g/mol. The second-order valence-electron chi connectivity index (χ2n) is 5.46. The highest BCUT2D eigenvalue weighted by molar-refractivity contribution is 5.93. The molecule has 20 heavy (non-hydrogen) atoms. The summed E-state index contributed by atoms with van der Waals surface area (Å²) in [6, 6.07) is 5.58. The number of nitrogens with one attached hydrogen (secondary N) is 1. The summed E-state index contributed by atoms with van der Waals surface area (Å²) in [5.74, 6) is -0.377. The van der Waals surface area contributed by atoms with E-state index in [1.165, 1.54) is 31.2 Å². The van der Waals surface area contributed by atoms with E-state index in [4.69, 9.17) is 10.5 Å². The standard InChI is InChI=1S/C16H24N2O2/c1-12-10-13(16(17)19)6-7-14(12)11-18-8-9-20-15-4-2-3-5-15/h6-7,10,15,18H,2-5,8-9,11H2,1H3,(H2,17,19). The van der Waals surface area contributed by atoms with E-state index in [1.54, 1.807) is 6.07 Å². The maximum absolute atomic E-state index is 11.1. The van der Waals surface area contributed by atoms with Crippen LogP contribution in [-0.2, 0) is 11.3 Å². The molecule has 1 saturated carbocycles. The smallest absolute Gasteiger partial charge is 0.248 e. The minimum atomic E-state index is -0.377. The number of aryl methyl sites for hydroxylation is 1. The zero-order chi connectivity index (χ0) is 14.4. The lowest BCUT2D eigenvalue weighted by molar-refractivity contribution is 0.0602. The molecule has 110 valence electrons. The van der Waals surface area contributed by atoms with Gasteiger partial charge >= 0.3 is 0 Å². The average molecular weight is 276 g/mol. The second kappa shape index (κ2) is 7.41. The molecule has 1 aromatic rings. The van der Waals surface area contributed by atoms with Gasteiger partial charge in [0.1, 0.15) is 0 Å². The number of carbonyl (C=O) groups excluding carboxylic acids is 1. The van der Waals surface area contributed by atoms with Crippen molar-refractivity contribution < 1.29 is 9.53 Å². The number of carbonyl (C=O) groups is 1. The van der Waals surface area contributed by atoms with Crippen molar-refractivity contribution >= 4 is 5.91 Å². The van der Waals surface area contributed by atoms with E-state index in [1.807, 2.05) is 19.1 Å². The SMILES string of the molecule is Cc1cc(C(N)=O)ccc1CNCCOC1CCCC1. The van der Waals surface area contributed by atoms with E-state index < -0.39 is 0 Å². The Hall–Kier alpha value is -1.39. The van der Waals surface area contributed by atoms with Gasteiger partial charge in [0, 0.05) is 18.7 Å². The van der Waals surface area contributed by atoms with Crippen LogP contribution in [0.5, 0.6) is 0 Å². The van der Waals surface area contributed by atoms with Crippen LogP contribution in [0.1, 0.15) is 47.2 Å². The van der Waals surface area contributed by atoms with E-state index >= 15 is 0 Å². The normalized spacial score (nSPS) is 15.7. The molecule has 1 aliphatic rings. The van der Waals surface area contributed by atoms with Crippen molar-refractivity contribution in [2.75, 3.05) is 13.2 Å². The van der Waals surface area contributed by atoms with Crippen molar-refractivity contribution in [3.63, 3.8) is 0 Å². The number of nitrogens with two attached hydrogens (primary N) is 1. The highest BCUT2D eigenvalue weighted by Gasteiger charge is 2.14. The van der Waals surface area contributed by atoms with Crippen LogP contribution in [-0.4, -0.2) is 25.2 Å². The molecule has 0 saturated heterocycles. The summed E-state index contributed by atoms with van der Waals surface area (Å²) in [5.41, 5.74) is 8.11. The first-order chi connectivity index (χ1) is 9.66. The van der Waals surface area contributed by atoms with Crippen LogP contribution in [0.25, 0.3) is 0 Å². The molecule has 1 amide bonds. The van der Waals surface area contributed by atoms with Gasteiger partial charge in [0.25, 0.3) is 0 Å². The zero-order valence-electron chi connectivity index (χ0n) is 12.2. The Bertz CT molecular complexity index is 454. The van der Waals surface area contributed by atoms with Crippen LogP contribution in [0.15, 0.2) is 18.2 Å². The summed E-state index contributed by atoms with van der Waals surface area (Å²) in [6.07, 6.45) is 5.53. The quantitative estimate of drug-likeness (QED) is 0.750. The topological polar surface area (TPSA) is 64.4 Å². The molecule has 0 aliphatic heterocycles. The van der Waals surface area contributed by atoms with Crippen molar-refractivity contribution in [2.24, 2.45) is 5.73 Å². The molecule has 2 rings (SSSR count). The molecular formula is C16H24N2O2. The molecule has 0 bridgehead atoms. The summed E-state index contributed by atoms with van der Waals surface area (Å²) in [6.45, 7) is 4.41. The number of hydrogen-bond donors (Lipinski definition) is 2. The van der Waals surface area contributed by atoms with E-state index in [2.05, 4.69) is 5.32 Å². The molecule has 0 aromatic heterocycles. The third-order valence-corrected chi connectivity index (χ3v) is 3.88. The Kier molecular flexibility index (Phi) is 5.56. The number of rotatable bonds is 7. The van der Waals surface area contributed by atoms with Crippen LogP contribution in [0.4, 0.5) is 0 Å². The molecule has 1 fully saturated rings.